The van der Waals surface area contributed by atoms with Crippen LogP contribution in [0, 0.1) is 11.6 Å². The Labute approximate surface area is 106 Å². The molecule has 2 rings (SSSR count). The number of ketones is 2. The Kier molecular flexibility index (Phi) is 2.96. The molecule has 0 fully saturated rings. The van der Waals surface area contributed by atoms with Gasteiger partial charge in [-0.15, -0.1) is 0 Å². The van der Waals surface area contributed by atoms with E-state index in [0.717, 1.165) is 12.1 Å². The van der Waals surface area contributed by atoms with Crippen LogP contribution in [0.2, 0.25) is 0 Å². The Morgan fingerprint density at radius 1 is 0.875 bits per heavy atom. The number of hydrogen-bond acceptors (Lipinski definition) is 2. The zero-order valence-corrected chi connectivity index (χ0v) is 10.8. The average molecular weight is 354 g/mol. The van der Waals surface area contributed by atoms with Crippen molar-refractivity contribution in [1.29, 1.82) is 0 Å². The zero-order valence-electron chi connectivity index (χ0n) is 7.64. The molecule has 2 unspecified atom stereocenters. The molecule has 0 N–H and O–H groups in total. The van der Waals surface area contributed by atoms with E-state index in [-0.39, 0.29) is 11.1 Å². The van der Waals surface area contributed by atoms with E-state index in [0.29, 0.717) is 0 Å². The van der Waals surface area contributed by atoms with Gasteiger partial charge in [0, 0.05) is 11.1 Å². The van der Waals surface area contributed by atoms with Crippen LogP contribution in [0.4, 0.5) is 8.78 Å². The summed E-state index contributed by atoms with van der Waals surface area (Å²) in [5.41, 5.74) is -0.164. The molecule has 0 saturated carbocycles. The molecule has 0 aliphatic heterocycles. The van der Waals surface area contributed by atoms with Gasteiger partial charge in [-0.3, -0.25) is 9.59 Å². The first-order chi connectivity index (χ1) is 7.43. The van der Waals surface area contributed by atoms with E-state index in [4.69, 9.17) is 0 Å². The van der Waals surface area contributed by atoms with Crippen LogP contribution in [0.25, 0.3) is 0 Å². The molecular weight excluding hydrogens is 350 g/mol. The lowest BCUT2D eigenvalue weighted by atomic mass is 9.89. The van der Waals surface area contributed by atoms with Crippen LogP contribution in [-0.2, 0) is 0 Å². The first-order valence-electron chi connectivity index (χ1n) is 4.29. The Morgan fingerprint density at radius 3 is 1.50 bits per heavy atom. The van der Waals surface area contributed by atoms with Crippen LogP contribution in [0.3, 0.4) is 0 Å². The van der Waals surface area contributed by atoms with E-state index in [2.05, 4.69) is 31.9 Å². The van der Waals surface area contributed by atoms with Crippen LogP contribution < -0.4 is 0 Å². The Bertz CT molecular complexity index is 457. The topological polar surface area (TPSA) is 34.1 Å². The second-order valence-electron chi connectivity index (χ2n) is 3.34. The lowest BCUT2D eigenvalue weighted by Gasteiger charge is -2.22. The van der Waals surface area contributed by atoms with Crippen molar-refractivity contribution in [3.8, 4) is 0 Å². The highest BCUT2D eigenvalue weighted by Gasteiger charge is 2.39. The third-order valence-electron chi connectivity index (χ3n) is 2.35. The van der Waals surface area contributed by atoms with Crippen LogP contribution >= 0.6 is 31.9 Å². The fourth-order valence-electron chi connectivity index (χ4n) is 1.52. The summed E-state index contributed by atoms with van der Waals surface area (Å²) in [4.78, 5) is 21.9. The number of alkyl halides is 2. The molecule has 1 aromatic carbocycles. The van der Waals surface area contributed by atoms with Gasteiger partial charge in [0.15, 0.2) is 23.2 Å². The Hall–Kier alpha value is -0.620. The second-order valence-corrected chi connectivity index (χ2v) is 5.32. The molecule has 0 amide bonds. The Morgan fingerprint density at radius 2 is 1.19 bits per heavy atom. The van der Waals surface area contributed by atoms with Gasteiger partial charge in [-0.2, -0.15) is 0 Å². The first-order valence-corrected chi connectivity index (χ1v) is 6.12. The van der Waals surface area contributed by atoms with Crippen molar-refractivity contribution in [1.82, 2.24) is 0 Å². The lowest BCUT2D eigenvalue weighted by Crippen LogP contribution is -2.38. The molecular formula is C10H4Br2F2O2. The maximum atomic E-state index is 13.0. The predicted molar refractivity (Wildman–Crippen MR) is 60.4 cm³/mol. The molecule has 1 aromatic rings. The first kappa shape index (κ1) is 11.9. The normalized spacial score (nSPS) is 24.5. The maximum absolute atomic E-state index is 13.0. The highest BCUT2D eigenvalue weighted by Crippen LogP contribution is 2.31. The van der Waals surface area contributed by atoms with E-state index in [1.807, 2.05) is 0 Å². The lowest BCUT2D eigenvalue weighted by molar-refractivity contribution is 0.0906. The summed E-state index contributed by atoms with van der Waals surface area (Å²) in [5, 5.41) is 0. The van der Waals surface area contributed by atoms with Gasteiger partial charge in [0.1, 0.15) is 0 Å². The van der Waals surface area contributed by atoms with Crippen molar-refractivity contribution >= 4 is 43.4 Å². The van der Waals surface area contributed by atoms with Gasteiger partial charge in [-0.05, 0) is 12.1 Å². The molecule has 0 aromatic heterocycles. The molecule has 1 aliphatic carbocycles. The molecule has 1 aliphatic rings. The summed E-state index contributed by atoms with van der Waals surface area (Å²) < 4.78 is 25.9. The number of rotatable bonds is 0. The summed E-state index contributed by atoms with van der Waals surface area (Å²) in [6, 6.07) is 1.52. The fourth-order valence-corrected chi connectivity index (χ4v) is 2.49. The van der Waals surface area contributed by atoms with Crippen molar-refractivity contribution in [2.75, 3.05) is 0 Å². The van der Waals surface area contributed by atoms with E-state index >= 15 is 0 Å². The van der Waals surface area contributed by atoms with Crippen LogP contribution in [0.5, 0.6) is 0 Å². The third-order valence-corrected chi connectivity index (χ3v) is 4.95. The van der Waals surface area contributed by atoms with Gasteiger partial charge in [0.05, 0.1) is 9.65 Å². The van der Waals surface area contributed by atoms with Gasteiger partial charge in [0.2, 0.25) is 0 Å². The SMILES string of the molecule is O=C1c2cc(F)c(F)cc2C(=O)C(Br)C1Br. The van der Waals surface area contributed by atoms with E-state index in [1.54, 1.807) is 0 Å². The number of carbonyl (C=O) groups is 2. The Balaban J connectivity index is 2.69. The highest BCUT2D eigenvalue weighted by molar-refractivity contribution is 9.12. The minimum atomic E-state index is -1.13. The van der Waals surface area contributed by atoms with Crippen LogP contribution in [-0.4, -0.2) is 21.2 Å². The van der Waals surface area contributed by atoms with Crippen molar-refractivity contribution in [3.05, 3.63) is 34.9 Å². The number of Topliss-reactive ketones (excluding diaryl/α,β-unsaturated/α-hetero) is 2. The molecule has 6 heteroatoms. The maximum Gasteiger partial charge on any atom is 0.178 e. The summed E-state index contributed by atoms with van der Waals surface area (Å²) >= 11 is 6.08. The fraction of sp³-hybridized carbons (Fsp3) is 0.200. The van der Waals surface area contributed by atoms with Gasteiger partial charge >= 0.3 is 0 Å². The summed E-state index contributed by atoms with van der Waals surface area (Å²) in [7, 11) is 0. The number of halogens is 4. The standard InChI is InChI=1S/C10H4Br2F2O2/c11-7-8(12)10(16)4-2-6(14)5(13)1-3(4)9(7)15/h1-2,7-8H. The summed E-state index contributed by atoms with van der Waals surface area (Å²) in [6.45, 7) is 0. The van der Waals surface area contributed by atoms with E-state index < -0.39 is 32.9 Å². The predicted octanol–water partition coefficient (Wildman–Crippen LogP) is 2.87. The second kappa shape index (κ2) is 4.00. The van der Waals surface area contributed by atoms with Crippen molar-refractivity contribution in [3.63, 3.8) is 0 Å². The molecule has 0 saturated heterocycles. The van der Waals surface area contributed by atoms with E-state index in [9.17, 15) is 18.4 Å². The van der Waals surface area contributed by atoms with Gasteiger partial charge in [-0.25, -0.2) is 8.78 Å². The van der Waals surface area contributed by atoms with Gasteiger partial charge in [-0.1, -0.05) is 31.9 Å². The van der Waals surface area contributed by atoms with Crippen LogP contribution in [0.15, 0.2) is 12.1 Å². The summed E-state index contributed by atoms with van der Waals surface area (Å²) in [5.74, 6) is -3.13. The molecule has 0 spiro atoms. The van der Waals surface area contributed by atoms with Gasteiger partial charge in [0.25, 0.3) is 0 Å². The molecule has 2 nitrogen and oxygen atoms in total. The molecule has 0 bridgehead atoms. The van der Waals surface area contributed by atoms with Crippen LogP contribution in [0.1, 0.15) is 20.7 Å². The smallest absolute Gasteiger partial charge is 0.178 e. The largest absolute Gasteiger partial charge is 0.293 e. The number of fused-ring (bicyclic) bond motifs is 1. The minimum absolute atomic E-state index is 0.0820. The van der Waals surface area contributed by atoms with Crippen molar-refractivity contribution in [2.24, 2.45) is 0 Å². The highest BCUT2D eigenvalue weighted by atomic mass is 79.9. The zero-order chi connectivity index (χ0) is 12.0. The summed E-state index contributed by atoms with van der Waals surface area (Å²) in [6.07, 6.45) is 0. The third kappa shape index (κ3) is 1.64. The van der Waals surface area contributed by atoms with Gasteiger partial charge < -0.3 is 0 Å². The quantitative estimate of drug-likeness (QED) is 0.672. The number of benzene rings is 1. The van der Waals surface area contributed by atoms with Crippen molar-refractivity contribution < 1.29 is 18.4 Å². The van der Waals surface area contributed by atoms with Crippen molar-refractivity contribution in [2.45, 2.75) is 9.65 Å². The minimum Gasteiger partial charge on any atom is -0.293 e. The number of carbonyl (C=O) groups excluding carboxylic acids is 2. The monoisotopic (exact) mass is 352 g/mol. The molecule has 2 atom stereocenters. The molecule has 0 heterocycles. The number of hydrogen-bond donors (Lipinski definition) is 0. The van der Waals surface area contributed by atoms with E-state index in [1.165, 1.54) is 0 Å². The average Bonchev–Trinajstić information content (AvgIpc) is 2.26. The molecule has 84 valence electrons. The molecule has 16 heavy (non-hydrogen) atoms. The molecule has 0 radical (unpaired) electrons.